The summed E-state index contributed by atoms with van der Waals surface area (Å²) in [5, 5.41) is 1.59. The van der Waals surface area contributed by atoms with Crippen LogP contribution in [0.1, 0.15) is 22.2 Å². The highest BCUT2D eigenvalue weighted by molar-refractivity contribution is 7.93. The highest BCUT2D eigenvalue weighted by atomic mass is 32.2. The number of para-hydroxylation sites is 1. The quantitative estimate of drug-likeness (QED) is 0.808. The van der Waals surface area contributed by atoms with E-state index in [-0.39, 0.29) is 15.8 Å². The monoisotopic (exact) mass is 337 g/mol. The molecule has 0 saturated heterocycles. The predicted octanol–water partition coefficient (Wildman–Crippen LogP) is 2.67. The van der Waals surface area contributed by atoms with E-state index in [1.54, 1.807) is 11.4 Å². The van der Waals surface area contributed by atoms with Crippen molar-refractivity contribution in [3.63, 3.8) is 0 Å². The van der Waals surface area contributed by atoms with Crippen LogP contribution in [-0.4, -0.2) is 27.5 Å². The third kappa shape index (κ3) is 2.21. The lowest BCUT2D eigenvalue weighted by Gasteiger charge is -2.24. The summed E-state index contributed by atoms with van der Waals surface area (Å²) < 4.78 is 32.1. The highest BCUT2D eigenvalue weighted by Gasteiger charge is 2.38. The SMILES string of the molecule is COC(=O)c1sccc1S(=O)(=O)N1c2ccccc2C[C@@H]1C. The molecule has 2 heterocycles. The van der Waals surface area contributed by atoms with Crippen molar-refractivity contribution < 1.29 is 17.9 Å². The van der Waals surface area contributed by atoms with E-state index in [0.29, 0.717) is 12.1 Å². The number of thiophene rings is 1. The van der Waals surface area contributed by atoms with Gasteiger partial charge in [-0.2, -0.15) is 0 Å². The molecule has 0 unspecified atom stereocenters. The van der Waals surface area contributed by atoms with Gasteiger partial charge >= 0.3 is 5.97 Å². The number of fused-ring (bicyclic) bond motifs is 1. The largest absolute Gasteiger partial charge is 0.465 e. The molecule has 5 nitrogen and oxygen atoms in total. The van der Waals surface area contributed by atoms with Gasteiger partial charge in [-0.25, -0.2) is 13.2 Å². The van der Waals surface area contributed by atoms with E-state index in [4.69, 9.17) is 0 Å². The lowest BCUT2D eigenvalue weighted by Crippen LogP contribution is -2.36. The van der Waals surface area contributed by atoms with Crippen molar-refractivity contribution in [2.75, 3.05) is 11.4 Å². The molecule has 0 aliphatic carbocycles. The summed E-state index contributed by atoms with van der Waals surface area (Å²) in [5.74, 6) is -0.631. The first-order valence-electron chi connectivity index (χ1n) is 6.75. The van der Waals surface area contributed by atoms with Crippen LogP contribution in [0.4, 0.5) is 5.69 Å². The first-order chi connectivity index (χ1) is 10.5. The first-order valence-corrected chi connectivity index (χ1v) is 9.07. The Morgan fingerprint density at radius 3 is 2.77 bits per heavy atom. The van der Waals surface area contributed by atoms with Crippen molar-refractivity contribution in [2.24, 2.45) is 0 Å². The van der Waals surface area contributed by atoms with Crippen LogP contribution in [0, 0.1) is 0 Å². The molecule has 2 aromatic rings. The molecule has 0 amide bonds. The maximum Gasteiger partial charge on any atom is 0.349 e. The van der Waals surface area contributed by atoms with Gasteiger partial charge in [-0.15, -0.1) is 11.3 Å². The number of benzene rings is 1. The van der Waals surface area contributed by atoms with E-state index in [1.165, 1.54) is 17.5 Å². The fourth-order valence-electron chi connectivity index (χ4n) is 2.75. The van der Waals surface area contributed by atoms with Gasteiger partial charge in [-0.05, 0) is 36.4 Å². The molecule has 3 rings (SSSR count). The van der Waals surface area contributed by atoms with Gasteiger partial charge in [0, 0.05) is 6.04 Å². The minimum absolute atomic E-state index is 0.00732. The van der Waals surface area contributed by atoms with Crippen molar-refractivity contribution in [1.29, 1.82) is 0 Å². The van der Waals surface area contributed by atoms with Crippen molar-refractivity contribution in [1.82, 2.24) is 0 Å². The first kappa shape index (κ1) is 15.1. The minimum Gasteiger partial charge on any atom is -0.465 e. The van der Waals surface area contributed by atoms with E-state index >= 15 is 0 Å². The van der Waals surface area contributed by atoms with Crippen molar-refractivity contribution >= 4 is 33.0 Å². The van der Waals surface area contributed by atoms with Crippen LogP contribution in [0.5, 0.6) is 0 Å². The molecule has 1 atom stereocenters. The Labute approximate surface area is 133 Å². The second kappa shape index (κ2) is 5.40. The molecule has 0 spiro atoms. The maximum atomic E-state index is 13.0. The predicted molar refractivity (Wildman–Crippen MR) is 84.9 cm³/mol. The maximum absolute atomic E-state index is 13.0. The number of ether oxygens (including phenoxy) is 1. The Bertz CT molecular complexity index is 826. The Balaban J connectivity index is 2.12. The van der Waals surface area contributed by atoms with Crippen LogP contribution in [0.15, 0.2) is 40.6 Å². The summed E-state index contributed by atoms with van der Waals surface area (Å²) in [5.41, 5.74) is 1.67. The molecule has 7 heteroatoms. The minimum atomic E-state index is -3.80. The summed E-state index contributed by atoms with van der Waals surface area (Å²) in [7, 11) is -2.56. The molecule has 1 aliphatic rings. The van der Waals surface area contributed by atoms with Crippen LogP contribution in [-0.2, 0) is 21.2 Å². The van der Waals surface area contributed by atoms with Crippen LogP contribution >= 0.6 is 11.3 Å². The molecule has 0 bridgehead atoms. The van der Waals surface area contributed by atoms with E-state index in [2.05, 4.69) is 4.74 Å². The zero-order valence-corrected chi connectivity index (χ0v) is 13.8. The van der Waals surface area contributed by atoms with Gasteiger partial charge in [0.15, 0.2) is 0 Å². The van der Waals surface area contributed by atoms with Crippen LogP contribution in [0.2, 0.25) is 0 Å². The molecular formula is C15H15NO4S2. The van der Waals surface area contributed by atoms with Crippen molar-refractivity contribution in [3.05, 3.63) is 46.2 Å². The lowest BCUT2D eigenvalue weighted by molar-refractivity contribution is 0.0602. The third-order valence-corrected chi connectivity index (χ3v) is 6.68. The summed E-state index contributed by atoms with van der Waals surface area (Å²) in [6.07, 6.45) is 0.660. The number of hydrogen-bond donors (Lipinski definition) is 0. The molecule has 0 N–H and O–H groups in total. The molecule has 1 aromatic carbocycles. The number of anilines is 1. The molecule has 0 saturated carbocycles. The van der Waals surface area contributed by atoms with Crippen molar-refractivity contribution in [3.8, 4) is 0 Å². The molecule has 1 aliphatic heterocycles. The number of methoxy groups -OCH3 is 1. The summed E-state index contributed by atoms with van der Waals surface area (Å²) in [4.78, 5) is 11.9. The molecular weight excluding hydrogens is 322 g/mol. The summed E-state index contributed by atoms with van der Waals surface area (Å²) in [6.45, 7) is 1.86. The van der Waals surface area contributed by atoms with Gasteiger partial charge in [0.25, 0.3) is 10.0 Å². The second-order valence-electron chi connectivity index (χ2n) is 5.09. The van der Waals surface area contributed by atoms with E-state index in [0.717, 1.165) is 16.9 Å². The summed E-state index contributed by atoms with van der Waals surface area (Å²) in [6, 6.07) is 8.70. The molecule has 116 valence electrons. The Kier molecular flexibility index (Phi) is 3.70. The molecule has 0 radical (unpaired) electrons. The number of nitrogens with zero attached hydrogens (tertiary/aromatic N) is 1. The van der Waals surface area contributed by atoms with Crippen molar-refractivity contribution in [2.45, 2.75) is 24.3 Å². The van der Waals surface area contributed by atoms with E-state index < -0.39 is 16.0 Å². The van der Waals surface area contributed by atoms with E-state index in [9.17, 15) is 13.2 Å². The average Bonchev–Trinajstić information content (AvgIpc) is 3.10. The number of carbonyl (C=O) groups is 1. The van der Waals surface area contributed by atoms with Gasteiger partial charge in [0.05, 0.1) is 12.8 Å². The van der Waals surface area contributed by atoms with E-state index in [1.807, 2.05) is 25.1 Å². The smallest absolute Gasteiger partial charge is 0.349 e. The Hall–Kier alpha value is -1.86. The number of sulfonamides is 1. The fraction of sp³-hybridized carbons (Fsp3) is 0.267. The molecule has 22 heavy (non-hydrogen) atoms. The normalized spacial score (nSPS) is 17.4. The topological polar surface area (TPSA) is 63.7 Å². The van der Waals surface area contributed by atoms with Crippen LogP contribution < -0.4 is 4.31 Å². The molecule has 0 fully saturated rings. The lowest BCUT2D eigenvalue weighted by atomic mass is 10.1. The number of carbonyl (C=O) groups excluding carboxylic acids is 1. The molecule has 1 aromatic heterocycles. The van der Waals surface area contributed by atoms with Gasteiger partial charge in [0.1, 0.15) is 9.77 Å². The zero-order chi connectivity index (χ0) is 15.9. The standard InChI is InChI=1S/C15H15NO4S2/c1-10-9-11-5-3-4-6-12(11)16(10)22(18,19)13-7-8-21-14(13)15(17)20-2/h3-8,10H,9H2,1-2H3/t10-/m0/s1. The fourth-order valence-corrected chi connectivity index (χ4v) is 5.76. The van der Waals surface area contributed by atoms with Gasteiger partial charge < -0.3 is 4.74 Å². The van der Waals surface area contributed by atoms with Crippen LogP contribution in [0.3, 0.4) is 0 Å². The van der Waals surface area contributed by atoms with Gasteiger partial charge in [-0.3, -0.25) is 4.31 Å². The highest BCUT2D eigenvalue weighted by Crippen LogP contribution is 2.38. The Morgan fingerprint density at radius 1 is 1.32 bits per heavy atom. The number of hydrogen-bond acceptors (Lipinski definition) is 5. The third-order valence-electron chi connectivity index (χ3n) is 3.68. The number of rotatable bonds is 3. The van der Waals surface area contributed by atoms with Gasteiger partial charge in [-0.1, -0.05) is 18.2 Å². The average molecular weight is 337 g/mol. The zero-order valence-electron chi connectivity index (χ0n) is 12.1. The van der Waals surface area contributed by atoms with Gasteiger partial charge in [0.2, 0.25) is 0 Å². The Morgan fingerprint density at radius 2 is 2.05 bits per heavy atom. The second-order valence-corrected chi connectivity index (χ2v) is 7.79. The number of esters is 1. The summed E-state index contributed by atoms with van der Waals surface area (Å²) >= 11 is 1.07. The van der Waals surface area contributed by atoms with Crippen LogP contribution in [0.25, 0.3) is 0 Å².